The summed E-state index contributed by atoms with van der Waals surface area (Å²) in [5.74, 6) is -0.784. The molecule has 0 aliphatic carbocycles. The number of benzene rings is 1. The smallest absolute Gasteiger partial charge is 0.548 e. The molecule has 0 saturated carbocycles. The Morgan fingerprint density at radius 1 is 1.32 bits per heavy atom. The number of urea groups is 1. The molecule has 0 spiro atoms. The minimum Gasteiger partial charge on any atom is -0.548 e. The Morgan fingerprint density at radius 2 is 2.08 bits per heavy atom. The van der Waals surface area contributed by atoms with Crippen LogP contribution in [0, 0.1) is 0 Å². The van der Waals surface area contributed by atoms with Crippen LogP contribution in [0.25, 0.3) is 0 Å². The number of hydrogen-bond donors (Lipinski definition) is 2. The van der Waals surface area contributed by atoms with E-state index in [1.807, 2.05) is 0 Å². The van der Waals surface area contributed by atoms with Gasteiger partial charge in [0.05, 0.1) is 32.4 Å². The Kier molecular flexibility index (Phi) is 9.39. The van der Waals surface area contributed by atoms with Crippen LogP contribution in [0.1, 0.15) is 5.56 Å². The molecule has 0 saturated heterocycles. The van der Waals surface area contributed by atoms with Crippen molar-refractivity contribution < 1.29 is 75.6 Å². The van der Waals surface area contributed by atoms with E-state index in [2.05, 4.69) is 15.6 Å². The maximum Gasteiger partial charge on any atom is 1.00 e. The van der Waals surface area contributed by atoms with Gasteiger partial charge in [-0.05, 0) is 24.1 Å². The third-order valence-corrected chi connectivity index (χ3v) is 3.94. The van der Waals surface area contributed by atoms with Gasteiger partial charge in [-0.3, -0.25) is 5.32 Å². The molecule has 1 aromatic carbocycles. The number of aromatic nitrogens is 1. The Balaban J connectivity index is 0.00000312. The maximum atomic E-state index is 11.9. The first-order valence-electron chi connectivity index (χ1n) is 6.93. The minimum absolute atomic E-state index is 0. The van der Waals surface area contributed by atoms with Gasteiger partial charge in [-0.2, -0.15) is 0 Å². The van der Waals surface area contributed by atoms with Crippen molar-refractivity contribution in [2.75, 3.05) is 19.5 Å². The average molecular weight is 389 g/mol. The average Bonchev–Trinajstić information content (AvgIpc) is 3.01. The van der Waals surface area contributed by atoms with Crippen molar-refractivity contribution in [2.24, 2.45) is 0 Å². The summed E-state index contributed by atoms with van der Waals surface area (Å²) in [6.07, 6.45) is 1.51. The van der Waals surface area contributed by atoms with Gasteiger partial charge in [0.1, 0.15) is 5.75 Å². The van der Waals surface area contributed by atoms with Crippen LogP contribution < -0.4 is 76.6 Å². The van der Waals surface area contributed by atoms with Gasteiger partial charge in [-0.25, -0.2) is 9.78 Å². The fraction of sp³-hybridized carbons (Fsp3) is 0.267. The molecule has 0 aliphatic rings. The first kappa shape index (κ1) is 21.9. The fourth-order valence-corrected chi connectivity index (χ4v) is 2.56. The molecule has 128 valence electrons. The molecule has 1 unspecified atom stereocenters. The third-order valence-electron chi connectivity index (χ3n) is 3.07. The van der Waals surface area contributed by atoms with Gasteiger partial charge in [0.15, 0.2) is 10.2 Å². The minimum atomic E-state index is -1.38. The van der Waals surface area contributed by atoms with Crippen molar-refractivity contribution in [3.63, 3.8) is 0 Å². The molecule has 25 heavy (non-hydrogen) atoms. The zero-order valence-electron chi connectivity index (χ0n) is 14.1. The maximum absolute atomic E-state index is 11.9. The zero-order valence-corrected chi connectivity index (χ0v) is 18.0. The number of nitrogens with one attached hydrogen (secondary N) is 2. The number of amides is 2. The summed E-state index contributed by atoms with van der Waals surface area (Å²) >= 11 is 1.12. The van der Waals surface area contributed by atoms with Crippen molar-refractivity contribution in [3.05, 3.63) is 36.0 Å². The summed E-state index contributed by atoms with van der Waals surface area (Å²) in [6.45, 7) is 0. The number of anilines is 1. The predicted octanol–water partition coefficient (Wildman–Crippen LogP) is -2.35. The molecule has 0 aliphatic heterocycles. The topological polar surface area (TPSA) is 113 Å². The van der Waals surface area contributed by atoms with Gasteiger partial charge in [0.2, 0.25) is 0 Å². The standard InChI is InChI=1S/C15H17N3O5S.K/c1-22-10-5-3-4-9(6-10)7-11(13(19)20)17-14(21)18-15-16-8-12(23-2)24-15;/h3-6,8,11H,7H2,1-2H3,(H,19,20)(H2,16,17,18,21);/q;+1/p-1. The number of carbonyl (C=O) groups excluding carboxylic acids is 2. The monoisotopic (exact) mass is 389 g/mol. The number of nitrogens with zero attached hydrogens (tertiary/aromatic N) is 1. The van der Waals surface area contributed by atoms with Crippen LogP contribution in [0.15, 0.2) is 30.5 Å². The molecule has 0 radical (unpaired) electrons. The molecule has 10 heteroatoms. The van der Waals surface area contributed by atoms with Crippen LogP contribution in [0.3, 0.4) is 0 Å². The molecule has 0 bridgehead atoms. The van der Waals surface area contributed by atoms with Crippen molar-refractivity contribution in [1.29, 1.82) is 0 Å². The number of thiazole rings is 1. The molecule has 0 fully saturated rings. The normalized spacial score (nSPS) is 11.0. The number of carbonyl (C=O) groups is 2. The van der Waals surface area contributed by atoms with Gasteiger partial charge < -0.3 is 24.7 Å². The summed E-state index contributed by atoms with van der Waals surface area (Å²) in [5, 5.41) is 16.9. The van der Waals surface area contributed by atoms with E-state index in [-0.39, 0.29) is 57.8 Å². The van der Waals surface area contributed by atoms with Crippen LogP contribution >= 0.6 is 11.3 Å². The van der Waals surface area contributed by atoms with Gasteiger partial charge >= 0.3 is 57.4 Å². The van der Waals surface area contributed by atoms with Crippen molar-refractivity contribution in [2.45, 2.75) is 12.5 Å². The zero-order chi connectivity index (χ0) is 17.5. The van der Waals surface area contributed by atoms with E-state index >= 15 is 0 Å². The quantitative estimate of drug-likeness (QED) is 0.513. The molecule has 2 aromatic rings. The first-order valence-corrected chi connectivity index (χ1v) is 7.74. The Morgan fingerprint density at radius 3 is 2.68 bits per heavy atom. The second-order valence-electron chi connectivity index (χ2n) is 4.71. The van der Waals surface area contributed by atoms with Crippen LogP contribution in [0.2, 0.25) is 0 Å². The second-order valence-corrected chi connectivity index (χ2v) is 5.71. The molecular weight excluding hydrogens is 373 g/mol. The molecule has 2 amide bonds. The fourth-order valence-electron chi connectivity index (χ4n) is 1.93. The van der Waals surface area contributed by atoms with Crippen molar-refractivity contribution >= 4 is 28.5 Å². The SMILES string of the molecule is COc1cccc(CC(NC(=O)Nc2ncc(OC)s2)C(=O)[O-])c1.[K+]. The third kappa shape index (κ3) is 6.92. The first-order chi connectivity index (χ1) is 11.5. The van der Waals surface area contributed by atoms with Gasteiger partial charge in [-0.15, -0.1) is 0 Å². The number of carboxylic acids is 1. The van der Waals surface area contributed by atoms with E-state index in [4.69, 9.17) is 9.47 Å². The molecule has 8 nitrogen and oxygen atoms in total. The summed E-state index contributed by atoms with van der Waals surface area (Å²) in [6, 6.07) is 5.03. The number of hydrogen-bond acceptors (Lipinski definition) is 7. The second kappa shape index (κ2) is 10.7. The van der Waals surface area contributed by atoms with Crippen LogP contribution in [0.5, 0.6) is 10.8 Å². The van der Waals surface area contributed by atoms with Crippen molar-refractivity contribution in [3.8, 4) is 10.8 Å². The van der Waals surface area contributed by atoms with Gasteiger partial charge in [0, 0.05) is 0 Å². The van der Waals surface area contributed by atoms with Gasteiger partial charge in [0.25, 0.3) is 0 Å². The van der Waals surface area contributed by atoms with Gasteiger partial charge in [-0.1, -0.05) is 23.5 Å². The molecular formula is C15H16KN3O5S. The Hall–Kier alpha value is -1.17. The number of rotatable bonds is 7. The van der Waals surface area contributed by atoms with E-state index in [9.17, 15) is 14.7 Å². The predicted molar refractivity (Wildman–Crippen MR) is 86.3 cm³/mol. The molecule has 2 rings (SSSR count). The largest absolute Gasteiger partial charge is 1.00 e. The Bertz CT molecular complexity index is 725. The summed E-state index contributed by atoms with van der Waals surface area (Å²) in [5.41, 5.74) is 0.694. The van der Waals surface area contributed by atoms with E-state index in [1.165, 1.54) is 20.4 Å². The molecule has 1 aromatic heterocycles. The number of methoxy groups -OCH3 is 2. The number of ether oxygens (including phenoxy) is 2. The van der Waals surface area contributed by atoms with E-state index in [0.717, 1.165) is 11.3 Å². The summed E-state index contributed by atoms with van der Waals surface area (Å²) in [7, 11) is 3.00. The number of aliphatic carboxylic acids is 1. The Labute approximate surface area is 191 Å². The molecule has 1 heterocycles. The van der Waals surface area contributed by atoms with Crippen molar-refractivity contribution in [1.82, 2.24) is 10.3 Å². The molecule has 2 N–H and O–H groups in total. The van der Waals surface area contributed by atoms with E-state index in [0.29, 0.717) is 21.5 Å². The van der Waals surface area contributed by atoms with E-state index in [1.54, 1.807) is 24.3 Å². The van der Waals surface area contributed by atoms with Crippen LogP contribution in [-0.4, -0.2) is 37.2 Å². The summed E-state index contributed by atoms with van der Waals surface area (Å²) < 4.78 is 10.1. The summed E-state index contributed by atoms with van der Waals surface area (Å²) in [4.78, 5) is 27.1. The van der Waals surface area contributed by atoms with Crippen LogP contribution in [0.4, 0.5) is 9.93 Å². The molecule has 1 atom stereocenters. The van der Waals surface area contributed by atoms with E-state index < -0.39 is 18.0 Å². The number of carboxylic acid groups (broad SMARTS) is 1. The van der Waals surface area contributed by atoms with Crippen LogP contribution in [-0.2, 0) is 11.2 Å².